The van der Waals surface area contributed by atoms with Crippen LogP contribution in [0.1, 0.15) is 25.0 Å². The molecule has 0 aliphatic heterocycles. The minimum absolute atomic E-state index is 0.285. The van der Waals surface area contributed by atoms with Gasteiger partial charge in [0, 0.05) is 29.3 Å². The number of H-pyrrole nitrogens is 1. The molecule has 5 nitrogen and oxygen atoms in total. The van der Waals surface area contributed by atoms with Gasteiger partial charge >= 0.3 is 0 Å². The summed E-state index contributed by atoms with van der Waals surface area (Å²) in [7, 11) is 0. The molecule has 140 valence electrons. The largest absolute Gasteiger partial charge is 0.361 e. The second kappa shape index (κ2) is 7.66. The first kappa shape index (κ1) is 18.7. The smallest absolute Gasteiger partial charge is 0.239 e. The van der Waals surface area contributed by atoms with Crippen molar-refractivity contribution in [1.29, 1.82) is 0 Å². The highest BCUT2D eigenvalue weighted by Crippen LogP contribution is 2.20. The van der Waals surface area contributed by atoms with Crippen LogP contribution in [0.15, 0.2) is 54.7 Å². The maximum absolute atomic E-state index is 12.6. The van der Waals surface area contributed by atoms with Crippen LogP contribution in [0.25, 0.3) is 10.9 Å². The standard InChI is InChI=1S/C22H25N3O2/c1-15-8-10-17(11-9-15)25-21(27)22(2,3)20(26)23-13-12-16-14-24-19-7-5-4-6-18(16)19/h4-11,14,24H,12-13H2,1-3H3,(H,23,26)(H,25,27). The maximum atomic E-state index is 12.6. The molecular weight excluding hydrogens is 338 g/mol. The van der Waals surface area contributed by atoms with Crippen molar-refractivity contribution in [3.8, 4) is 0 Å². The zero-order valence-corrected chi connectivity index (χ0v) is 15.9. The van der Waals surface area contributed by atoms with E-state index in [-0.39, 0.29) is 11.8 Å². The highest BCUT2D eigenvalue weighted by Gasteiger charge is 2.35. The predicted octanol–water partition coefficient (Wildman–Crippen LogP) is 3.80. The van der Waals surface area contributed by atoms with Crippen molar-refractivity contribution in [3.05, 3.63) is 65.9 Å². The van der Waals surface area contributed by atoms with Gasteiger partial charge < -0.3 is 15.6 Å². The average Bonchev–Trinajstić information content (AvgIpc) is 3.06. The second-order valence-corrected chi connectivity index (χ2v) is 7.31. The van der Waals surface area contributed by atoms with Gasteiger partial charge in [-0.15, -0.1) is 0 Å². The molecular formula is C22H25N3O2. The maximum Gasteiger partial charge on any atom is 0.239 e. The highest BCUT2D eigenvalue weighted by molar-refractivity contribution is 6.09. The highest BCUT2D eigenvalue weighted by atomic mass is 16.2. The van der Waals surface area contributed by atoms with Gasteiger partial charge in [-0.05, 0) is 51.0 Å². The Labute approximate surface area is 159 Å². The third-order valence-electron chi connectivity index (χ3n) is 4.80. The normalized spacial score (nSPS) is 11.4. The molecule has 0 saturated carbocycles. The van der Waals surface area contributed by atoms with Gasteiger partial charge in [0.2, 0.25) is 11.8 Å². The number of carbonyl (C=O) groups is 2. The number of benzene rings is 2. The Morgan fingerprint density at radius 3 is 2.44 bits per heavy atom. The van der Waals surface area contributed by atoms with Crippen LogP contribution in [-0.4, -0.2) is 23.3 Å². The number of aromatic amines is 1. The van der Waals surface area contributed by atoms with Crippen molar-refractivity contribution in [2.75, 3.05) is 11.9 Å². The van der Waals surface area contributed by atoms with Crippen molar-refractivity contribution in [2.45, 2.75) is 27.2 Å². The van der Waals surface area contributed by atoms with Crippen molar-refractivity contribution in [3.63, 3.8) is 0 Å². The lowest BCUT2D eigenvalue weighted by atomic mass is 9.90. The molecule has 0 spiro atoms. The number of amides is 2. The monoisotopic (exact) mass is 363 g/mol. The van der Waals surface area contributed by atoms with E-state index in [9.17, 15) is 9.59 Å². The Morgan fingerprint density at radius 1 is 1.00 bits per heavy atom. The van der Waals surface area contributed by atoms with Gasteiger partial charge in [0.1, 0.15) is 5.41 Å². The molecule has 1 aromatic heterocycles. The van der Waals surface area contributed by atoms with Gasteiger partial charge in [-0.25, -0.2) is 0 Å². The molecule has 0 aliphatic rings. The van der Waals surface area contributed by atoms with Gasteiger partial charge in [0.25, 0.3) is 0 Å². The molecule has 3 aromatic rings. The number of hydrogen-bond acceptors (Lipinski definition) is 2. The molecule has 0 fully saturated rings. The summed E-state index contributed by atoms with van der Waals surface area (Å²) in [6, 6.07) is 15.6. The first-order chi connectivity index (χ1) is 12.9. The van der Waals surface area contributed by atoms with Crippen LogP contribution in [0.5, 0.6) is 0 Å². The fourth-order valence-corrected chi connectivity index (χ4v) is 2.90. The predicted molar refractivity (Wildman–Crippen MR) is 109 cm³/mol. The molecule has 0 radical (unpaired) electrons. The Kier molecular flexibility index (Phi) is 5.31. The molecule has 0 atom stereocenters. The zero-order chi connectivity index (χ0) is 19.4. The van der Waals surface area contributed by atoms with Crippen LogP contribution in [0, 0.1) is 12.3 Å². The van der Waals surface area contributed by atoms with Crippen LogP contribution >= 0.6 is 0 Å². The van der Waals surface area contributed by atoms with Crippen molar-refractivity contribution in [2.24, 2.45) is 5.41 Å². The average molecular weight is 363 g/mol. The lowest BCUT2D eigenvalue weighted by molar-refractivity contribution is -0.138. The molecule has 0 saturated heterocycles. The quantitative estimate of drug-likeness (QED) is 0.583. The van der Waals surface area contributed by atoms with Gasteiger partial charge in [-0.3, -0.25) is 9.59 Å². The number of nitrogens with one attached hydrogen (secondary N) is 3. The summed E-state index contributed by atoms with van der Waals surface area (Å²) in [5.41, 5.74) is 2.86. The molecule has 2 amide bonds. The zero-order valence-electron chi connectivity index (χ0n) is 15.9. The third-order valence-corrected chi connectivity index (χ3v) is 4.80. The summed E-state index contributed by atoms with van der Waals surface area (Å²) in [6.07, 6.45) is 2.66. The minimum Gasteiger partial charge on any atom is -0.361 e. The Morgan fingerprint density at radius 2 is 1.70 bits per heavy atom. The number of aryl methyl sites for hydroxylation is 1. The molecule has 0 aliphatic carbocycles. The molecule has 5 heteroatoms. The summed E-state index contributed by atoms with van der Waals surface area (Å²) in [6.45, 7) is 5.73. The van der Waals surface area contributed by atoms with Crippen LogP contribution < -0.4 is 10.6 Å². The summed E-state index contributed by atoms with van der Waals surface area (Å²) >= 11 is 0. The van der Waals surface area contributed by atoms with E-state index in [2.05, 4.69) is 21.7 Å². The number of para-hydroxylation sites is 1. The Bertz CT molecular complexity index is 955. The van der Waals surface area contributed by atoms with Crippen LogP contribution in [0.4, 0.5) is 5.69 Å². The van der Waals surface area contributed by atoms with E-state index in [0.717, 1.165) is 22.0 Å². The molecule has 3 rings (SSSR count). The van der Waals surface area contributed by atoms with Crippen LogP contribution in [0.3, 0.4) is 0 Å². The molecule has 0 bridgehead atoms. The number of fused-ring (bicyclic) bond motifs is 1. The topological polar surface area (TPSA) is 74.0 Å². The van der Waals surface area contributed by atoms with E-state index in [1.54, 1.807) is 13.8 Å². The van der Waals surface area contributed by atoms with Gasteiger partial charge in [0.05, 0.1) is 0 Å². The summed E-state index contributed by atoms with van der Waals surface area (Å²) in [5, 5.41) is 6.86. The summed E-state index contributed by atoms with van der Waals surface area (Å²) in [5.74, 6) is -0.608. The lowest BCUT2D eigenvalue weighted by Crippen LogP contribution is -2.45. The molecule has 0 unspecified atom stereocenters. The Hall–Kier alpha value is -3.08. The Balaban J connectivity index is 1.57. The second-order valence-electron chi connectivity index (χ2n) is 7.31. The molecule has 1 heterocycles. The summed E-state index contributed by atoms with van der Waals surface area (Å²) < 4.78 is 0. The lowest BCUT2D eigenvalue weighted by Gasteiger charge is -2.22. The van der Waals surface area contributed by atoms with Crippen LogP contribution in [-0.2, 0) is 16.0 Å². The third kappa shape index (κ3) is 4.19. The molecule has 2 aromatic carbocycles. The van der Waals surface area contributed by atoms with Crippen molar-refractivity contribution in [1.82, 2.24) is 10.3 Å². The van der Waals surface area contributed by atoms with E-state index in [1.165, 1.54) is 0 Å². The van der Waals surface area contributed by atoms with E-state index < -0.39 is 5.41 Å². The van der Waals surface area contributed by atoms with Crippen LogP contribution in [0.2, 0.25) is 0 Å². The fraction of sp³-hybridized carbons (Fsp3) is 0.273. The number of rotatable bonds is 6. The van der Waals surface area contributed by atoms with Gasteiger partial charge in [-0.2, -0.15) is 0 Å². The number of anilines is 1. The number of hydrogen-bond donors (Lipinski definition) is 3. The van der Waals surface area contributed by atoms with Crippen molar-refractivity contribution < 1.29 is 9.59 Å². The fourth-order valence-electron chi connectivity index (χ4n) is 2.90. The first-order valence-electron chi connectivity index (χ1n) is 9.09. The molecule has 3 N–H and O–H groups in total. The van der Waals surface area contributed by atoms with E-state index in [1.807, 2.05) is 55.6 Å². The SMILES string of the molecule is Cc1ccc(NC(=O)C(C)(C)C(=O)NCCc2c[nH]c3ccccc23)cc1. The van der Waals surface area contributed by atoms with Gasteiger partial charge in [-0.1, -0.05) is 35.9 Å². The van der Waals surface area contributed by atoms with Crippen molar-refractivity contribution >= 4 is 28.4 Å². The molecule has 27 heavy (non-hydrogen) atoms. The number of aromatic nitrogens is 1. The van der Waals surface area contributed by atoms with E-state index >= 15 is 0 Å². The van der Waals surface area contributed by atoms with E-state index in [4.69, 9.17) is 0 Å². The number of carbonyl (C=O) groups excluding carboxylic acids is 2. The summed E-state index contributed by atoms with van der Waals surface area (Å²) in [4.78, 5) is 28.3. The first-order valence-corrected chi connectivity index (χ1v) is 9.09. The van der Waals surface area contributed by atoms with E-state index in [0.29, 0.717) is 18.7 Å². The van der Waals surface area contributed by atoms with Gasteiger partial charge in [0.15, 0.2) is 0 Å². The minimum atomic E-state index is -1.16.